The van der Waals surface area contributed by atoms with Crippen LogP contribution in [-0.2, 0) is 0 Å². The smallest absolute Gasteiger partial charge is 0.185 e. The van der Waals surface area contributed by atoms with Gasteiger partial charge in [0.2, 0.25) is 0 Å². The number of rotatable bonds is 4. The Bertz CT molecular complexity index is 660. The first kappa shape index (κ1) is 14.1. The Kier molecular flexibility index (Phi) is 4.75. The van der Waals surface area contributed by atoms with Crippen LogP contribution in [-0.4, -0.2) is 17.0 Å². The minimum Gasteiger partial charge on any atom is -0.292 e. The molecule has 2 aromatic rings. The molecular formula is C15H10BrN3O. The highest BCUT2D eigenvalue weighted by Gasteiger charge is 2.17. The van der Waals surface area contributed by atoms with Crippen LogP contribution < -0.4 is 0 Å². The number of benzene rings is 1. The van der Waals surface area contributed by atoms with Crippen molar-refractivity contribution in [3.8, 4) is 6.07 Å². The van der Waals surface area contributed by atoms with Gasteiger partial charge in [-0.2, -0.15) is 5.26 Å². The van der Waals surface area contributed by atoms with E-state index in [9.17, 15) is 4.79 Å². The average molecular weight is 328 g/mol. The molecule has 1 atom stereocenters. The maximum Gasteiger partial charge on any atom is 0.185 e. The molecule has 0 amide bonds. The molecule has 1 heterocycles. The molecular weight excluding hydrogens is 318 g/mol. The molecule has 0 N–H and O–H groups in total. The number of hydrogen-bond acceptors (Lipinski definition) is 4. The number of Topliss-reactive ketones (excluding diaryl/α,β-unsaturated/α-hetero) is 1. The Hall–Kier alpha value is -2.32. The predicted octanol–water partition coefficient (Wildman–Crippen LogP) is 3.57. The number of pyridine rings is 1. The van der Waals surface area contributed by atoms with E-state index in [1.807, 2.05) is 12.1 Å². The summed E-state index contributed by atoms with van der Waals surface area (Å²) in [6.45, 7) is 0. The normalized spacial score (nSPS) is 12.0. The number of ketones is 1. The highest BCUT2D eigenvalue weighted by molar-refractivity contribution is 9.10. The lowest BCUT2D eigenvalue weighted by Gasteiger charge is -2.02. The van der Waals surface area contributed by atoms with E-state index in [2.05, 4.69) is 25.9 Å². The van der Waals surface area contributed by atoms with E-state index < -0.39 is 5.92 Å². The second-order valence-corrected chi connectivity index (χ2v) is 4.87. The van der Waals surface area contributed by atoms with Gasteiger partial charge in [0.05, 0.1) is 6.07 Å². The highest BCUT2D eigenvalue weighted by Crippen LogP contribution is 2.14. The van der Waals surface area contributed by atoms with Gasteiger partial charge in [0.25, 0.3) is 0 Å². The van der Waals surface area contributed by atoms with Crippen molar-refractivity contribution in [3.05, 3.63) is 58.7 Å². The van der Waals surface area contributed by atoms with Crippen LogP contribution in [0, 0.1) is 17.2 Å². The van der Waals surface area contributed by atoms with Crippen LogP contribution in [0.4, 0.5) is 5.82 Å². The molecule has 0 aliphatic carbocycles. The van der Waals surface area contributed by atoms with Crippen LogP contribution in [0.5, 0.6) is 0 Å². The fourth-order valence-electron chi connectivity index (χ4n) is 1.54. The number of aromatic nitrogens is 1. The predicted molar refractivity (Wildman–Crippen MR) is 80.0 cm³/mol. The summed E-state index contributed by atoms with van der Waals surface area (Å²) in [6.07, 6.45) is 2.93. The van der Waals surface area contributed by atoms with Crippen molar-refractivity contribution < 1.29 is 4.79 Å². The second kappa shape index (κ2) is 6.73. The molecule has 0 spiro atoms. The van der Waals surface area contributed by atoms with Gasteiger partial charge in [-0.15, -0.1) is 0 Å². The zero-order chi connectivity index (χ0) is 14.4. The summed E-state index contributed by atoms with van der Waals surface area (Å²) in [5.41, 5.74) is 0.495. The van der Waals surface area contributed by atoms with E-state index in [1.165, 1.54) is 6.21 Å². The quantitative estimate of drug-likeness (QED) is 0.636. The summed E-state index contributed by atoms with van der Waals surface area (Å²) in [6, 6.07) is 14.1. The van der Waals surface area contributed by atoms with E-state index >= 15 is 0 Å². The van der Waals surface area contributed by atoms with Gasteiger partial charge in [-0.1, -0.05) is 30.3 Å². The Labute approximate surface area is 124 Å². The minimum atomic E-state index is -0.914. The summed E-state index contributed by atoms with van der Waals surface area (Å²) in [5, 5.41) is 9.09. The number of nitriles is 1. The molecule has 1 aromatic heterocycles. The van der Waals surface area contributed by atoms with E-state index in [-0.39, 0.29) is 5.78 Å². The molecule has 0 saturated carbocycles. The van der Waals surface area contributed by atoms with Crippen molar-refractivity contribution in [2.75, 3.05) is 0 Å². The molecule has 98 valence electrons. The maximum atomic E-state index is 12.1. The summed E-state index contributed by atoms with van der Waals surface area (Å²) in [7, 11) is 0. The number of hydrogen-bond donors (Lipinski definition) is 0. The van der Waals surface area contributed by atoms with Gasteiger partial charge in [-0.3, -0.25) is 4.79 Å². The standard InChI is InChI=1S/C15H10BrN3O/c16-13-6-7-14(19-10-13)18-9-12(8-17)15(20)11-4-2-1-3-5-11/h1-7,9-10,12H. The summed E-state index contributed by atoms with van der Waals surface area (Å²) >= 11 is 3.27. The van der Waals surface area contributed by atoms with Gasteiger partial charge < -0.3 is 0 Å². The largest absolute Gasteiger partial charge is 0.292 e. The van der Waals surface area contributed by atoms with Crippen molar-refractivity contribution in [1.29, 1.82) is 5.26 Å². The van der Waals surface area contributed by atoms with E-state index in [0.717, 1.165) is 4.47 Å². The minimum absolute atomic E-state index is 0.269. The molecule has 0 aliphatic heterocycles. The zero-order valence-corrected chi connectivity index (χ0v) is 12.0. The number of aliphatic imine (C=N–C) groups is 1. The number of carbonyl (C=O) groups is 1. The van der Waals surface area contributed by atoms with Gasteiger partial charge in [0.1, 0.15) is 5.92 Å². The molecule has 20 heavy (non-hydrogen) atoms. The first-order chi connectivity index (χ1) is 9.70. The van der Waals surface area contributed by atoms with Crippen molar-refractivity contribution in [3.63, 3.8) is 0 Å². The van der Waals surface area contributed by atoms with E-state index in [1.54, 1.807) is 42.6 Å². The van der Waals surface area contributed by atoms with Crippen LogP contribution in [0.15, 0.2) is 58.1 Å². The van der Waals surface area contributed by atoms with Crippen LogP contribution >= 0.6 is 15.9 Å². The Morgan fingerprint density at radius 2 is 2.05 bits per heavy atom. The van der Waals surface area contributed by atoms with Gasteiger partial charge in [-0.25, -0.2) is 9.98 Å². The molecule has 2 rings (SSSR count). The maximum absolute atomic E-state index is 12.1. The monoisotopic (exact) mass is 327 g/mol. The first-order valence-electron chi connectivity index (χ1n) is 5.85. The van der Waals surface area contributed by atoms with Crippen LogP contribution in [0.25, 0.3) is 0 Å². The third-order valence-electron chi connectivity index (χ3n) is 2.55. The van der Waals surface area contributed by atoms with E-state index in [4.69, 9.17) is 5.26 Å². The summed E-state index contributed by atoms with van der Waals surface area (Å²) < 4.78 is 0.841. The second-order valence-electron chi connectivity index (χ2n) is 3.95. The number of halogens is 1. The Morgan fingerprint density at radius 3 is 2.65 bits per heavy atom. The van der Waals surface area contributed by atoms with Crippen molar-refractivity contribution >= 4 is 33.7 Å². The molecule has 5 heteroatoms. The molecule has 0 saturated heterocycles. The van der Waals surface area contributed by atoms with Gasteiger partial charge >= 0.3 is 0 Å². The fraction of sp³-hybridized carbons (Fsp3) is 0.0667. The van der Waals surface area contributed by atoms with Crippen molar-refractivity contribution in [2.24, 2.45) is 10.9 Å². The lowest BCUT2D eigenvalue weighted by molar-refractivity contribution is 0.0976. The SMILES string of the molecule is N#CC(C=Nc1ccc(Br)cn1)C(=O)c1ccccc1. The molecule has 1 aromatic carbocycles. The third kappa shape index (κ3) is 3.59. The molecule has 4 nitrogen and oxygen atoms in total. The Balaban J connectivity index is 2.15. The summed E-state index contributed by atoms with van der Waals surface area (Å²) in [4.78, 5) is 20.2. The molecule has 0 aliphatic rings. The van der Waals surface area contributed by atoms with E-state index in [0.29, 0.717) is 11.4 Å². The van der Waals surface area contributed by atoms with Crippen LogP contribution in [0.3, 0.4) is 0 Å². The zero-order valence-electron chi connectivity index (χ0n) is 10.4. The molecule has 0 fully saturated rings. The van der Waals surface area contributed by atoms with Crippen molar-refractivity contribution in [1.82, 2.24) is 4.98 Å². The van der Waals surface area contributed by atoms with Crippen molar-refractivity contribution in [2.45, 2.75) is 0 Å². The number of carbonyl (C=O) groups excluding carboxylic acids is 1. The highest BCUT2D eigenvalue weighted by atomic mass is 79.9. The fourth-order valence-corrected chi connectivity index (χ4v) is 1.77. The van der Waals surface area contributed by atoms with Crippen LogP contribution in [0.2, 0.25) is 0 Å². The topological polar surface area (TPSA) is 66.1 Å². The van der Waals surface area contributed by atoms with Gasteiger partial charge in [0.15, 0.2) is 11.6 Å². The first-order valence-corrected chi connectivity index (χ1v) is 6.64. The van der Waals surface area contributed by atoms with Gasteiger partial charge in [-0.05, 0) is 28.1 Å². The summed E-state index contributed by atoms with van der Waals surface area (Å²) in [5.74, 6) is -0.730. The average Bonchev–Trinajstić information content (AvgIpc) is 2.50. The third-order valence-corrected chi connectivity index (χ3v) is 3.02. The Morgan fingerprint density at radius 1 is 1.30 bits per heavy atom. The lowest BCUT2D eigenvalue weighted by Crippen LogP contribution is -2.14. The van der Waals surface area contributed by atoms with Crippen LogP contribution in [0.1, 0.15) is 10.4 Å². The molecule has 0 bridgehead atoms. The molecule has 0 radical (unpaired) electrons. The van der Waals surface area contributed by atoms with Gasteiger partial charge in [0, 0.05) is 22.4 Å². The number of nitrogens with zero attached hydrogens (tertiary/aromatic N) is 3. The molecule has 1 unspecified atom stereocenters. The lowest BCUT2D eigenvalue weighted by atomic mass is 10.0.